The van der Waals surface area contributed by atoms with Crippen molar-refractivity contribution in [1.82, 2.24) is 0 Å². The van der Waals surface area contributed by atoms with Crippen molar-refractivity contribution in [2.75, 3.05) is 0 Å². The summed E-state index contributed by atoms with van der Waals surface area (Å²) in [7, 11) is 0. The van der Waals surface area contributed by atoms with Crippen molar-refractivity contribution in [3.63, 3.8) is 0 Å². The van der Waals surface area contributed by atoms with E-state index in [1.165, 1.54) is 0 Å². The molecule has 0 radical (unpaired) electrons. The van der Waals surface area contributed by atoms with Crippen LogP contribution in [0.4, 0.5) is 0 Å². The number of aromatic hydroxyl groups is 1. The van der Waals surface area contributed by atoms with E-state index < -0.39 is 0 Å². The van der Waals surface area contributed by atoms with E-state index in [0.29, 0.717) is 12.4 Å². The molecule has 0 saturated carbocycles. The minimum atomic E-state index is 0.224. The molecule has 0 bridgehead atoms. The van der Waals surface area contributed by atoms with Gasteiger partial charge in [-0.1, -0.05) is 42.5 Å². The molecule has 0 unspecified atom stereocenters. The summed E-state index contributed by atoms with van der Waals surface area (Å²) < 4.78 is 12.1. The fraction of sp³-hybridized carbons (Fsp3) is 0.0476. The molecule has 1 N–H and O–H groups in total. The van der Waals surface area contributed by atoms with Gasteiger partial charge in [0.1, 0.15) is 17.9 Å². The van der Waals surface area contributed by atoms with E-state index in [1.807, 2.05) is 66.7 Å². The van der Waals surface area contributed by atoms with Gasteiger partial charge in [-0.05, 0) is 42.0 Å². The molecule has 1 aromatic heterocycles. The first-order valence-corrected chi connectivity index (χ1v) is 7.79. The maximum absolute atomic E-state index is 9.50. The van der Waals surface area contributed by atoms with Crippen LogP contribution in [0.25, 0.3) is 22.3 Å². The Bertz CT molecular complexity index is 953. The van der Waals surface area contributed by atoms with Gasteiger partial charge in [0.25, 0.3) is 0 Å². The Kier molecular flexibility index (Phi) is 3.67. The van der Waals surface area contributed by atoms with Gasteiger partial charge >= 0.3 is 0 Å². The van der Waals surface area contributed by atoms with Gasteiger partial charge in [0.05, 0.1) is 5.39 Å². The number of benzene rings is 3. The Morgan fingerprint density at radius 3 is 2.29 bits per heavy atom. The van der Waals surface area contributed by atoms with E-state index >= 15 is 0 Å². The highest BCUT2D eigenvalue weighted by molar-refractivity contribution is 5.91. The molecule has 0 fully saturated rings. The van der Waals surface area contributed by atoms with Crippen LogP contribution >= 0.6 is 0 Å². The molecule has 3 heteroatoms. The number of hydrogen-bond donors (Lipinski definition) is 1. The predicted octanol–water partition coefficient (Wildman–Crippen LogP) is 5.38. The quantitative estimate of drug-likeness (QED) is 0.549. The van der Waals surface area contributed by atoms with Crippen LogP contribution in [0, 0.1) is 0 Å². The summed E-state index contributed by atoms with van der Waals surface area (Å²) in [6.07, 6.45) is 0. The minimum Gasteiger partial charge on any atom is -0.508 e. The third kappa shape index (κ3) is 2.72. The molecule has 4 rings (SSSR count). The first-order valence-electron chi connectivity index (χ1n) is 7.79. The summed E-state index contributed by atoms with van der Waals surface area (Å²) in [6, 6.07) is 24.8. The number of ether oxygens (including phenoxy) is 1. The van der Waals surface area contributed by atoms with E-state index in [-0.39, 0.29) is 5.75 Å². The first kappa shape index (κ1) is 14.4. The topological polar surface area (TPSA) is 42.6 Å². The zero-order valence-corrected chi connectivity index (χ0v) is 13.0. The minimum absolute atomic E-state index is 0.224. The number of phenolic OH excluding ortho intramolecular Hbond substituents is 1. The van der Waals surface area contributed by atoms with Crippen LogP contribution in [0.1, 0.15) is 5.56 Å². The summed E-state index contributed by atoms with van der Waals surface area (Å²) in [4.78, 5) is 0. The molecule has 0 aliphatic rings. The average Bonchev–Trinajstić information content (AvgIpc) is 3.00. The molecule has 3 aromatic carbocycles. The van der Waals surface area contributed by atoms with Crippen LogP contribution in [0.2, 0.25) is 0 Å². The van der Waals surface area contributed by atoms with Gasteiger partial charge in [-0.25, -0.2) is 0 Å². The Morgan fingerprint density at radius 1 is 0.792 bits per heavy atom. The SMILES string of the molecule is Oc1ccc(-c2oc3ccccc3c2OCc2ccccc2)cc1. The number of rotatable bonds is 4. The van der Waals surface area contributed by atoms with Gasteiger partial charge < -0.3 is 14.3 Å². The lowest BCUT2D eigenvalue weighted by molar-refractivity contribution is 0.307. The number of phenols is 1. The van der Waals surface area contributed by atoms with Crippen molar-refractivity contribution >= 4 is 11.0 Å². The van der Waals surface area contributed by atoms with Crippen molar-refractivity contribution in [1.29, 1.82) is 0 Å². The molecule has 4 aromatic rings. The maximum Gasteiger partial charge on any atom is 0.177 e. The summed E-state index contributed by atoms with van der Waals surface area (Å²) >= 11 is 0. The van der Waals surface area contributed by atoms with E-state index in [1.54, 1.807) is 12.1 Å². The van der Waals surface area contributed by atoms with Crippen molar-refractivity contribution in [2.24, 2.45) is 0 Å². The van der Waals surface area contributed by atoms with Gasteiger partial charge in [-0.15, -0.1) is 0 Å². The van der Waals surface area contributed by atoms with Crippen LogP contribution in [0.15, 0.2) is 83.3 Å². The highest BCUT2D eigenvalue weighted by Gasteiger charge is 2.17. The summed E-state index contributed by atoms with van der Waals surface area (Å²) in [5.41, 5.74) is 2.75. The summed E-state index contributed by atoms with van der Waals surface area (Å²) in [5.74, 6) is 1.62. The zero-order valence-electron chi connectivity index (χ0n) is 13.0. The van der Waals surface area contributed by atoms with Crippen molar-refractivity contribution in [3.05, 3.63) is 84.4 Å². The molecule has 0 saturated heterocycles. The Labute approximate surface area is 139 Å². The van der Waals surface area contributed by atoms with Crippen molar-refractivity contribution < 1.29 is 14.3 Å². The Hall–Kier alpha value is -3.20. The fourth-order valence-electron chi connectivity index (χ4n) is 2.70. The normalized spacial score (nSPS) is 10.8. The second kappa shape index (κ2) is 6.13. The Morgan fingerprint density at radius 2 is 1.50 bits per heavy atom. The molecule has 24 heavy (non-hydrogen) atoms. The van der Waals surface area contributed by atoms with E-state index in [2.05, 4.69) is 0 Å². The zero-order chi connectivity index (χ0) is 16.4. The number of fused-ring (bicyclic) bond motifs is 1. The fourth-order valence-corrected chi connectivity index (χ4v) is 2.70. The van der Waals surface area contributed by atoms with E-state index in [4.69, 9.17) is 9.15 Å². The van der Waals surface area contributed by atoms with Crippen molar-refractivity contribution in [3.8, 4) is 22.8 Å². The highest BCUT2D eigenvalue weighted by atomic mass is 16.5. The van der Waals surface area contributed by atoms with E-state index in [9.17, 15) is 5.11 Å². The van der Waals surface area contributed by atoms with Crippen LogP contribution in [-0.2, 0) is 6.61 Å². The molecule has 118 valence electrons. The smallest absolute Gasteiger partial charge is 0.177 e. The number of para-hydroxylation sites is 1. The second-order valence-electron chi connectivity index (χ2n) is 5.58. The van der Waals surface area contributed by atoms with E-state index in [0.717, 1.165) is 27.8 Å². The lowest BCUT2D eigenvalue weighted by Gasteiger charge is -2.07. The molecular weight excluding hydrogens is 300 g/mol. The summed E-state index contributed by atoms with van der Waals surface area (Å²) in [5, 5.41) is 10.4. The number of hydrogen-bond acceptors (Lipinski definition) is 3. The van der Waals surface area contributed by atoms with Crippen molar-refractivity contribution in [2.45, 2.75) is 6.61 Å². The molecule has 0 amide bonds. The first-order chi connectivity index (χ1) is 11.8. The van der Waals surface area contributed by atoms with Gasteiger partial charge in [-0.2, -0.15) is 0 Å². The highest BCUT2D eigenvalue weighted by Crippen LogP contribution is 2.40. The van der Waals surface area contributed by atoms with Crippen LogP contribution in [0.5, 0.6) is 11.5 Å². The van der Waals surface area contributed by atoms with Gasteiger partial charge in [0.2, 0.25) is 0 Å². The molecule has 0 spiro atoms. The van der Waals surface area contributed by atoms with Gasteiger partial charge in [0.15, 0.2) is 11.5 Å². The van der Waals surface area contributed by atoms with Gasteiger partial charge in [-0.3, -0.25) is 0 Å². The third-order valence-electron chi connectivity index (χ3n) is 3.91. The maximum atomic E-state index is 9.50. The molecule has 0 aliphatic heterocycles. The van der Waals surface area contributed by atoms with Crippen LogP contribution in [-0.4, -0.2) is 5.11 Å². The molecule has 1 heterocycles. The average molecular weight is 316 g/mol. The summed E-state index contributed by atoms with van der Waals surface area (Å²) in [6.45, 7) is 0.468. The standard InChI is InChI=1S/C21H16O3/c22-17-12-10-16(11-13-17)20-21(18-8-4-5-9-19(18)24-20)23-14-15-6-2-1-3-7-15/h1-13,22H,14H2. The largest absolute Gasteiger partial charge is 0.508 e. The monoisotopic (exact) mass is 316 g/mol. The van der Waals surface area contributed by atoms with Gasteiger partial charge in [0, 0.05) is 5.56 Å². The molecule has 0 aliphatic carbocycles. The Balaban J connectivity index is 1.77. The second-order valence-corrected chi connectivity index (χ2v) is 5.58. The van der Waals surface area contributed by atoms with Crippen LogP contribution in [0.3, 0.4) is 0 Å². The third-order valence-corrected chi connectivity index (χ3v) is 3.91. The lowest BCUT2D eigenvalue weighted by atomic mass is 10.1. The predicted molar refractivity (Wildman–Crippen MR) is 94.1 cm³/mol. The number of furan rings is 1. The molecular formula is C21H16O3. The molecule has 3 nitrogen and oxygen atoms in total. The van der Waals surface area contributed by atoms with Crippen LogP contribution < -0.4 is 4.74 Å². The molecule has 0 atom stereocenters. The lowest BCUT2D eigenvalue weighted by Crippen LogP contribution is -1.95.